The van der Waals surface area contributed by atoms with E-state index in [0.29, 0.717) is 36.5 Å². The standard InChI is InChI=1S/C31H43NO4/c1-19(7-12-28(35)31(14-15-31)29-32-20(2)18-36-29)25-10-11-26-22(6-5-13-30(25,26)4)8-9-23-16-24(33)17-27(34)21(23)3/h7-9,12,18-19,24-28,33-35H,3,5-6,10-11,13-17H2,1-2,4H3/b12-7+,22-8+,23-9-/t19-,24+,25+,26-,27-,28-,30+/m0/s1. The van der Waals surface area contributed by atoms with E-state index in [9.17, 15) is 15.3 Å². The van der Waals surface area contributed by atoms with Gasteiger partial charge in [-0.15, -0.1) is 0 Å². The van der Waals surface area contributed by atoms with Crippen LogP contribution in [0.25, 0.3) is 0 Å². The van der Waals surface area contributed by atoms with Crippen molar-refractivity contribution in [1.29, 1.82) is 0 Å². The largest absolute Gasteiger partial charge is 0.448 e. The monoisotopic (exact) mass is 493 g/mol. The van der Waals surface area contributed by atoms with E-state index in [1.54, 1.807) is 6.26 Å². The van der Waals surface area contributed by atoms with Crippen molar-refractivity contribution in [1.82, 2.24) is 4.98 Å². The van der Waals surface area contributed by atoms with Crippen molar-refractivity contribution >= 4 is 0 Å². The van der Waals surface area contributed by atoms with Crippen LogP contribution in [0.15, 0.2) is 58.3 Å². The second-order valence-electron chi connectivity index (χ2n) is 12.3. The lowest BCUT2D eigenvalue weighted by Gasteiger charge is -2.44. The first-order valence-corrected chi connectivity index (χ1v) is 13.9. The summed E-state index contributed by atoms with van der Waals surface area (Å²) in [6.45, 7) is 10.8. The van der Waals surface area contributed by atoms with Gasteiger partial charge in [-0.05, 0) is 92.6 Å². The molecule has 196 valence electrons. The van der Waals surface area contributed by atoms with Crippen LogP contribution in [0, 0.1) is 30.1 Å². The molecule has 0 aromatic carbocycles. The third-order valence-corrected chi connectivity index (χ3v) is 9.93. The summed E-state index contributed by atoms with van der Waals surface area (Å²) in [5, 5.41) is 31.3. The summed E-state index contributed by atoms with van der Waals surface area (Å²) in [5.41, 5.74) is 4.01. The molecule has 5 heteroatoms. The van der Waals surface area contributed by atoms with Gasteiger partial charge in [-0.2, -0.15) is 0 Å². The first-order chi connectivity index (χ1) is 17.1. The summed E-state index contributed by atoms with van der Waals surface area (Å²) in [7, 11) is 0. The van der Waals surface area contributed by atoms with Crippen LogP contribution in [0.5, 0.6) is 0 Å². The summed E-state index contributed by atoms with van der Waals surface area (Å²) < 4.78 is 5.65. The van der Waals surface area contributed by atoms with Crippen molar-refractivity contribution in [2.24, 2.45) is 23.2 Å². The number of aromatic nitrogens is 1. The van der Waals surface area contributed by atoms with Gasteiger partial charge in [-0.25, -0.2) is 4.98 Å². The molecule has 1 heterocycles. The van der Waals surface area contributed by atoms with E-state index in [4.69, 9.17) is 4.42 Å². The molecule has 3 N–H and O–H groups in total. The van der Waals surface area contributed by atoms with E-state index in [-0.39, 0.29) is 10.8 Å². The van der Waals surface area contributed by atoms with Crippen molar-refractivity contribution in [2.45, 2.75) is 102 Å². The molecule has 5 rings (SSSR count). The van der Waals surface area contributed by atoms with Gasteiger partial charge >= 0.3 is 0 Å². The molecule has 36 heavy (non-hydrogen) atoms. The lowest BCUT2D eigenvalue weighted by atomic mass is 9.61. The van der Waals surface area contributed by atoms with Gasteiger partial charge in [0.1, 0.15) is 6.26 Å². The number of aliphatic hydroxyl groups is 3. The Morgan fingerprint density at radius 2 is 1.94 bits per heavy atom. The maximum absolute atomic E-state index is 11.0. The Bertz CT molecular complexity index is 1080. The number of rotatable bonds is 6. The molecule has 0 bridgehead atoms. The smallest absolute Gasteiger partial charge is 0.203 e. The Kier molecular flexibility index (Phi) is 6.95. The third kappa shape index (κ3) is 4.59. The van der Waals surface area contributed by atoms with E-state index < -0.39 is 18.3 Å². The Morgan fingerprint density at radius 1 is 1.17 bits per heavy atom. The summed E-state index contributed by atoms with van der Waals surface area (Å²) in [6, 6.07) is 0. The Morgan fingerprint density at radius 3 is 2.64 bits per heavy atom. The summed E-state index contributed by atoms with van der Waals surface area (Å²) in [5.74, 6) is 2.20. The van der Waals surface area contributed by atoms with Crippen molar-refractivity contribution in [3.63, 3.8) is 0 Å². The van der Waals surface area contributed by atoms with Crippen LogP contribution in [0.3, 0.4) is 0 Å². The molecule has 0 aliphatic heterocycles. The maximum atomic E-state index is 11.0. The van der Waals surface area contributed by atoms with Crippen LogP contribution in [0.2, 0.25) is 0 Å². The van der Waals surface area contributed by atoms with Crippen LogP contribution in [-0.2, 0) is 5.41 Å². The average Bonchev–Trinajstić information content (AvgIpc) is 3.41. The number of allylic oxidation sites excluding steroid dienone is 4. The number of oxazole rings is 1. The fourth-order valence-corrected chi connectivity index (χ4v) is 7.56. The highest BCUT2D eigenvalue weighted by molar-refractivity contribution is 5.38. The van der Waals surface area contributed by atoms with Crippen molar-refractivity contribution in [3.05, 3.63) is 65.5 Å². The van der Waals surface area contributed by atoms with Gasteiger partial charge in [-0.1, -0.05) is 50.3 Å². The molecule has 0 spiro atoms. The lowest BCUT2D eigenvalue weighted by molar-refractivity contribution is 0.0862. The fraction of sp³-hybridized carbons (Fsp3) is 0.645. The van der Waals surface area contributed by atoms with Gasteiger partial charge in [0.2, 0.25) is 5.89 Å². The van der Waals surface area contributed by atoms with Crippen molar-refractivity contribution in [2.75, 3.05) is 0 Å². The van der Waals surface area contributed by atoms with Crippen molar-refractivity contribution in [3.8, 4) is 0 Å². The van der Waals surface area contributed by atoms with Crippen LogP contribution in [0.1, 0.15) is 83.2 Å². The molecule has 4 fully saturated rings. The SMILES string of the molecule is C=C1/C(=C\C=C2/CCC[C@]3(C)[C@@H]([C@@H](C)/C=C/[C@H](O)C4(c5nc(C)co5)CC4)CC[C@@H]23)C[C@@H](O)C[C@@H]1O. The van der Waals surface area contributed by atoms with Crippen LogP contribution < -0.4 is 0 Å². The highest BCUT2D eigenvalue weighted by atomic mass is 16.3. The molecule has 5 nitrogen and oxygen atoms in total. The molecule has 4 saturated carbocycles. The topological polar surface area (TPSA) is 86.7 Å². The zero-order chi connectivity index (χ0) is 25.7. The molecule has 0 amide bonds. The van der Waals surface area contributed by atoms with Gasteiger partial charge in [0.05, 0.1) is 29.4 Å². The number of aliphatic hydroxyl groups excluding tert-OH is 3. The molecule has 0 unspecified atom stereocenters. The summed E-state index contributed by atoms with van der Waals surface area (Å²) in [6.07, 6.45) is 17.3. The zero-order valence-electron chi connectivity index (χ0n) is 22.1. The van der Waals surface area contributed by atoms with Gasteiger partial charge in [0, 0.05) is 6.42 Å². The fourth-order valence-electron chi connectivity index (χ4n) is 7.56. The third-order valence-electron chi connectivity index (χ3n) is 9.93. The van der Waals surface area contributed by atoms with Crippen molar-refractivity contribution < 1.29 is 19.7 Å². The van der Waals surface area contributed by atoms with Gasteiger partial charge < -0.3 is 19.7 Å². The normalized spacial score (nSPS) is 38.0. The highest BCUT2D eigenvalue weighted by Gasteiger charge is 2.54. The lowest BCUT2D eigenvalue weighted by Crippen LogP contribution is -2.35. The molecule has 4 aliphatic carbocycles. The maximum Gasteiger partial charge on any atom is 0.203 e. The van der Waals surface area contributed by atoms with Gasteiger partial charge in [0.15, 0.2) is 0 Å². The molecular formula is C31H43NO4. The number of fused-ring (bicyclic) bond motifs is 1. The van der Waals surface area contributed by atoms with Crippen LogP contribution >= 0.6 is 0 Å². The zero-order valence-corrected chi connectivity index (χ0v) is 22.1. The highest BCUT2D eigenvalue weighted by Crippen LogP contribution is 2.59. The van der Waals surface area contributed by atoms with E-state index in [2.05, 4.69) is 43.6 Å². The summed E-state index contributed by atoms with van der Waals surface area (Å²) >= 11 is 0. The molecule has 4 aliphatic rings. The minimum absolute atomic E-state index is 0.247. The minimum Gasteiger partial charge on any atom is -0.448 e. The summed E-state index contributed by atoms with van der Waals surface area (Å²) in [4.78, 5) is 4.50. The minimum atomic E-state index is -0.642. The van der Waals surface area contributed by atoms with Crippen LogP contribution in [0.4, 0.5) is 0 Å². The quantitative estimate of drug-likeness (QED) is 0.442. The predicted molar refractivity (Wildman–Crippen MR) is 141 cm³/mol. The first kappa shape index (κ1) is 25.7. The number of hydrogen-bond acceptors (Lipinski definition) is 5. The van der Waals surface area contributed by atoms with Crippen LogP contribution in [-0.4, -0.2) is 38.6 Å². The molecule has 1 aromatic rings. The molecule has 0 radical (unpaired) electrons. The molecular weight excluding hydrogens is 450 g/mol. The van der Waals surface area contributed by atoms with E-state index in [0.717, 1.165) is 36.1 Å². The Labute approximate surface area is 215 Å². The second-order valence-corrected chi connectivity index (χ2v) is 12.3. The second kappa shape index (κ2) is 9.74. The van der Waals surface area contributed by atoms with E-state index >= 15 is 0 Å². The molecule has 1 aromatic heterocycles. The Balaban J connectivity index is 1.29. The average molecular weight is 494 g/mol. The molecule has 7 atom stereocenters. The number of aryl methyl sites for hydroxylation is 1. The number of nitrogens with zero attached hydrogens (tertiary/aromatic N) is 1. The molecule has 0 saturated heterocycles. The number of hydrogen-bond donors (Lipinski definition) is 3. The first-order valence-electron chi connectivity index (χ1n) is 13.9. The predicted octanol–water partition coefficient (Wildman–Crippen LogP) is 5.71. The van der Waals surface area contributed by atoms with E-state index in [1.165, 1.54) is 31.3 Å². The van der Waals surface area contributed by atoms with Gasteiger partial charge in [-0.3, -0.25) is 0 Å². The Hall–Kier alpha value is -1.95. The van der Waals surface area contributed by atoms with E-state index in [1.807, 2.05) is 13.0 Å². The van der Waals surface area contributed by atoms with Gasteiger partial charge in [0.25, 0.3) is 0 Å².